The predicted molar refractivity (Wildman–Crippen MR) is 143 cm³/mol. The van der Waals surface area contributed by atoms with Crippen LogP contribution in [0.5, 0.6) is 0 Å². The molecule has 2 aliphatic rings. The van der Waals surface area contributed by atoms with E-state index in [0.29, 0.717) is 0 Å². The molecular formula is C28H48N4. The maximum atomic E-state index is 4.31. The normalized spacial score (nSPS) is 17.1. The molecule has 4 nitrogen and oxygen atoms in total. The quantitative estimate of drug-likeness (QED) is 0.433. The van der Waals surface area contributed by atoms with Crippen molar-refractivity contribution in [1.82, 2.24) is 20.0 Å². The Morgan fingerprint density at radius 3 is 2.28 bits per heavy atom. The van der Waals surface area contributed by atoms with Crippen LogP contribution in [-0.4, -0.2) is 80.1 Å². The maximum absolute atomic E-state index is 4.31. The van der Waals surface area contributed by atoms with E-state index in [1.165, 1.54) is 62.3 Å². The molecule has 0 aliphatic carbocycles. The van der Waals surface area contributed by atoms with E-state index >= 15 is 0 Å². The summed E-state index contributed by atoms with van der Waals surface area (Å²) in [4.78, 5) is 7.59. The summed E-state index contributed by atoms with van der Waals surface area (Å²) in [5, 5.41) is 3.44. The molecule has 0 aromatic heterocycles. The smallest absolute Gasteiger partial charge is 0.0364 e. The first kappa shape index (κ1) is 28.2. The van der Waals surface area contributed by atoms with E-state index in [9.17, 15) is 0 Å². The van der Waals surface area contributed by atoms with Gasteiger partial charge < -0.3 is 15.1 Å². The van der Waals surface area contributed by atoms with Crippen LogP contribution in [0.2, 0.25) is 0 Å². The fraction of sp³-hybridized carbons (Fsp3) is 0.571. The molecule has 2 fully saturated rings. The highest BCUT2D eigenvalue weighted by Crippen LogP contribution is 2.20. The lowest BCUT2D eigenvalue weighted by Crippen LogP contribution is -2.62. The second-order valence-electron chi connectivity index (χ2n) is 8.91. The molecule has 0 amide bonds. The summed E-state index contributed by atoms with van der Waals surface area (Å²) >= 11 is 0. The first-order valence-electron chi connectivity index (χ1n) is 11.8. The van der Waals surface area contributed by atoms with E-state index in [4.69, 9.17) is 0 Å². The van der Waals surface area contributed by atoms with E-state index in [1.54, 1.807) is 6.08 Å². The molecule has 2 heterocycles. The largest absolute Gasteiger partial charge is 0.375 e. The Kier molecular flexibility index (Phi) is 13.2. The van der Waals surface area contributed by atoms with E-state index in [1.807, 2.05) is 19.1 Å². The van der Waals surface area contributed by atoms with Crippen molar-refractivity contribution in [3.8, 4) is 0 Å². The second kappa shape index (κ2) is 15.0. The van der Waals surface area contributed by atoms with Crippen LogP contribution < -0.4 is 5.32 Å². The fourth-order valence-corrected chi connectivity index (χ4v) is 4.32. The third kappa shape index (κ3) is 9.32. The van der Waals surface area contributed by atoms with Crippen molar-refractivity contribution < 1.29 is 0 Å². The average Bonchev–Trinajstić information content (AvgIpc) is 2.72. The van der Waals surface area contributed by atoms with Gasteiger partial charge in [0.15, 0.2) is 0 Å². The number of hydrogen-bond acceptors (Lipinski definition) is 4. The minimum atomic E-state index is 0. The van der Waals surface area contributed by atoms with E-state index in [2.05, 4.69) is 72.3 Å². The average molecular weight is 441 g/mol. The van der Waals surface area contributed by atoms with Gasteiger partial charge in [0.2, 0.25) is 0 Å². The van der Waals surface area contributed by atoms with E-state index in [-0.39, 0.29) is 7.43 Å². The molecule has 0 atom stereocenters. The predicted octanol–water partition coefficient (Wildman–Crippen LogP) is 4.96. The van der Waals surface area contributed by atoms with Gasteiger partial charge in [-0.1, -0.05) is 56.0 Å². The minimum absolute atomic E-state index is 0. The van der Waals surface area contributed by atoms with Gasteiger partial charge in [0.1, 0.15) is 0 Å². The molecule has 2 saturated heterocycles. The molecule has 0 bridgehead atoms. The minimum Gasteiger partial charge on any atom is -0.375 e. The summed E-state index contributed by atoms with van der Waals surface area (Å²) in [6.45, 7) is 23.7. The van der Waals surface area contributed by atoms with Gasteiger partial charge in [0.25, 0.3) is 0 Å². The van der Waals surface area contributed by atoms with Gasteiger partial charge in [0, 0.05) is 64.6 Å². The summed E-state index contributed by atoms with van der Waals surface area (Å²) in [5.41, 5.74) is 5.02. The molecule has 0 unspecified atom stereocenters. The van der Waals surface area contributed by atoms with Crippen molar-refractivity contribution in [3.63, 3.8) is 0 Å². The first-order valence-corrected chi connectivity index (χ1v) is 11.8. The second-order valence-corrected chi connectivity index (χ2v) is 8.91. The number of unbranched alkanes of at least 4 members (excludes halogenated alkanes) is 1. The Labute approximate surface area is 198 Å². The lowest BCUT2D eigenvalue weighted by atomic mass is 10.0. The van der Waals surface area contributed by atoms with Gasteiger partial charge in [-0.05, 0) is 57.9 Å². The van der Waals surface area contributed by atoms with E-state index in [0.717, 1.165) is 31.4 Å². The van der Waals surface area contributed by atoms with Crippen LogP contribution in [0.25, 0.3) is 5.70 Å². The molecule has 32 heavy (non-hydrogen) atoms. The van der Waals surface area contributed by atoms with Crippen LogP contribution in [0, 0.1) is 13.8 Å². The molecule has 0 saturated carbocycles. The van der Waals surface area contributed by atoms with Crippen molar-refractivity contribution in [2.24, 2.45) is 0 Å². The number of hydrogen-bond donors (Lipinski definition) is 1. The van der Waals surface area contributed by atoms with Crippen LogP contribution in [0.1, 0.15) is 43.9 Å². The Balaban J connectivity index is 0.000000770. The number of likely N-dealkylation sites (tertiary alicyclic amines) is 1. The Hall–Kier alpha value is -1.88. The van der Waals surface area contributed by atoms with Crippen molar-refractivity contribution in [1.29, 1.82) is 0 Å². The van der Waals surface area contributed by atoms with Crippen molar-refractivity contribution in [3.05, 3.63) is 66.3 Å². The molecule has 3 rings (SSSR count). The van der Waals surface area contributed by atoms with Gasteiger partial charge in [-0.3, -0.25) is 4.90 Å². The molecule has 180 valence electrons. The Morgan fingerprint density at radius 2 is 1.75 bits per heavy atom. The SMILES string of the molecule is C.C=C(c1cc(C)cc(C)c1)N(C)CCCCN1CC(N2CCNCC2)C1.C=C/C=C\C. The van der Waals surface area contributed by atoms with Crippen molar-refractivity contribution in [2.45, 2.75) is 47.1 Å². The van der Waals surface area contributed by atoms with Gasteiger partial charge in [-0.25, -0.2) is 0 Å². The maximum Gasteiger partial charge on any atom is 0.0364 e. The zero-order valence-corrected chi connectivity index (χ0v) is 20.4. The van der Waals surface area contributed by atoms with Gasteiger partial charge >= 0.3 is 0 Å². The molecule has 1 aromatic carbocycles. The summed E-state index contributed by atoms with van der Waals surface area (Å²) in [6.07, 6.45) is 8.08. The Morgan fingerprint density at radius 1 is 1.12 bits per heavy atom. The standard InChI is InChI=1S/C22H36N4.C5H8.CH4/c1-18-13-19(2)15-21(14-18)20(3)24(4)9-5-6-10-25-16-22(17-25)26-11-7-23-8-12-26;1-3-5-4-2;/h13-15,22-23H,3,5-12,16-17H2,1-2,4H3;3-5H,1H2,2H3;1H4/b;5-4-;. The molecule has 2 aliphatic heterocycles. The van der Waals surface area contributed by atoms with Crippen LogP contribution in [-0.2, 0) is 0 Å². The number of benzene rings is 1. The molecule has 1 N–H and O–H groups in total. The number of allylic oxidation sites excluding steroid dienone is 3. The number of rotatable bonds is 9. The highest BCUT2D eigenvalue weighted by Gasteiger charge is 2.31. The van der Waals surface area contributed by atoms with Gasteiger partial charge in [-0.2, -0.15) is 0 Å². The molecule has 0 spiro atoms. The van der Waals surface area contributed by atoms with Gasteiger partial charge in [0.05, 0.1) is 0 Å². The third-order valence-corrected chi connectivity index (χ3v) is 6.17. The Bertz CT molecular complexity index is 692. The van der Waals surface area contributed by atoms with Crippen molar-refractivity contribution in [2.75, 3.05) is 59.4 Å². The number of nitrogens with one attached hydrogen (secondary N) is 1. The highest BCUT2D eigenvalue weighted by molar-refractivity contribution is 5.63. The van der Waals surface area contributed by atoms with E-state index < -0.39 is 0 Å². The van der Waals surface area contributed by atoms with Crippen LogP contribution in [0.4, 0.5) is 0 Å². The highest BCUT2D eigenvalue weighted by atomic mass is 15.3. The summed E-state index contributed by atoms with van der Waals surface area (Å²) < 4.78 is 0. The molecule has 4 heteroatoms. The lowest BCUT2D eigenvalue weighted by Gasteiger charge is -2.47. The van der Waals surface area contributed by atoms with Crippen LogP contribution in [0.3, 0.4) is 0 Å². The topological polar surface area (TPSA) is 21.8 Å². The van der Waals surface area contributed by atoms with Crippen molar-refractivity contribution >= 4 is 5.70 Å². The summed E-state index contributed by atoms with van der Waals surface area (Å²) in [7, 11) is 2.17. The molecule has 1 aromatic rings. The number of piperazine rings is 1. The number of aryl methyl sites for hydroxylation is 2. The first-order chi connectivity index (χ1) is 14.9. The van der Waals surface area contributed by atoms with Crippen LogP contribution in [0.15, 0.2) is 49.6 Å². The lowest BCUT2D eigenvalue weighted by molar-refractivity contribution is 0.0263. The zero-order chi connectivity index (χ0) is 22.6. The van der Waals surface area contributed by atoms with Crippen LogP contribution >= 0.6 is 0 Å². The molecule has 0 radical (unpaired) electrons. The summed E-state index contributed by atoms with van der Waals surface area (Å²) in [6, 6.07) is 7.51. The summed E-state index contributed by atoms with van der Waals surface area (Å²) in [5.74, 6) is 0. The van der Waals surface area contributed by atoms with Gasteiger partial charge in [-0.15, -0.1) is 0 Å². The fourth-order valence-electron chi connectivity index (χ4n) is 4.32. The molecular weight excluding hydrogens is 392 g/mol. The zero-order valence-electron chi connectivity index (χ0n) is 20.4. The number of nitrogens with zero attached hydrogens (tertiary/aromatic N) is 3. The monoisotopic (exact) mass is 440 g/mol. The third-order valence-electron chi connectivity index (χ3n) is 6.17.